The number of anilines is 1. The minimum atomic E-state index is -3.31. The van der Waals surface area contributed by atoms with Gasteiger partial charge in [0.2, 0.25) is 5.91 Å². The normalized spacial score (nSPS) is 13.2. The molecule has 0 bridgehead atoms. The lowest BCUT2D eigenvalue weighted by molar-refractivity contribution is -0.113. The van der Waals surface area contributed by atoms with E-state index in [-0.39, 0.29) is 6.04 Å². The van der Waals surface area contributed by atoms with Crippen LogP contribution in [0.4, 0.5) is 5.13 Å². The summed E-state index contributed by atoms with van der Waals surface area (Å²) in [6.07, 6.45) is 2.06. The molecule has 1 amide bonds. The maximum atomic E-state index is 11.4. The monoisotopic (exact) mass is 305 g/mol. The quantitative estimate of drug-likeness (QED) is 0.790. The molecule has 0 aliphatic heterocycles. The molecular formula is C11H19N3O3S2. The lowest BCUT2D eigenvalue weighted by Gasteiger charge is -2.09. The second-order valence-corrected chi connectivity index (χ2v) is 7.37. The van der Waals surface area contributed by atoms with E-state index in [1.54, 1.807) is 0 Å². The maximum absolute atomic E-state index is 11.4. The topological polar surface area (TPSA) is 88.2 Å². The van der Waals surface area contributed by atoms with Gasteiger partial charge in [0.1, 0.15) is 5.75 Å². The molecule has 0 spiro atoms. The van der Waals surface area contributed by atoms with Crippen LogP contribution in [0.2, 0.25) is 0 Å². The Kier molecular flexibility index (Phi) is 5.89. The van der Waals surface area contributed by atoms with Crippen molar-refractivity contribution >= 4 is 32.2 Å². The molecule has 19 heavy (non-hydrogen) atoms. The van der Waals surface area contributed by atoms with Crippen molar-refractivity contribution in [2.24, 2.45) is 0 Å². The number of rotatable bonds is 7. The van der Waals surface area contributed by atoms with Gasteiger partial charge < -0.3 is 10.6 Å². The molecule has 1 unspecified atom stereocenters. The number of carbonyl (C=O) groups excluding carboxylic acids is 1. The molecular weight excluding hydrogens is 286 g/mol. The van der Waals surface area contributed by atoms with Crippen molar-refractivity contribution < 1.29 is 13.2 Å². The second-order valence-electron chi connectivity index (χ2n) is 4.37. The average molecular weight is 305 g/mol. The van der Waals surface area contributed by atoms with Gasteiger partial charge in [-0.15, -0.1) is 11.3 Å². The molecule has 0 fully saturated rings. The maximum Gasteiger partial charge on any atom is 0.241 e. The van der Waals surface area contributed by atoms with E-state index in [4.69, 9.17) is 0 Å². The first-order valence-electron chi connectivity index (χ1n) is 5.98. The molecule has 0 saturated carbocycles. The number of nitrogens with one attached hydrogen (secondary N) is 2. The first-order valence-corrected chi connectivity index (χ1v) is 8.92. The van der Waals surface area contributed by atoms with E-state index >= 15 is 0 Å². The van der Waals surface area contributed by atoms with E-state index in [1.807, 2.05) is 12.3 Å². The van der Waals surface area contributed by atoms with Gasteiger partial charge in [0.25, 0.3) is 0 Å². The van der Waals surface area contributed by atoms with Gasteiger partial charge in [-0.3, -0.25) is 4.79 Å². The Bertz CT molecular complexity index is 525. The summed E-state index contributed by atoms with van der Waals surface area (Å²) in [4.78, 5) is 15.7. The van der Waals surface area contributed by atoms with Crippen LogP contribution in [0, 0.1) is 0 Å². The highest BCUT2D eigenvalue weighted by Crippen LogP contribution is 2.20. The Morgan fingerprint density at radius 2 is 2.21 bits per heavy atom. The van der Waals surface area contributed by atoms with Crippen LogP contribution in [0.3, 0.4) is 0 Å². The smallest absolute Gasteiger partial charge is 0.241 e. The molecule has 1 heterocycles. The third-order valence-electron chi connectivity index (χ3n) is 2.31. The lowest BCUT2D eigenvalue weighted by atomic mass is 10.2. The molecule has 2 N–H and O–H groups in total. The van der Waals surface area contributed by atoms with Crippen LogP contribution >= 0.6 is 11.3 Å². The molecule has 1 rings (SSSR count). The van der Waals surface area contributed by atoms with Crippen molar-refractivity contribution in [3.05, 3.63) is 11.1 Å². The number of hydrogen-bond acceptors (Lipinski definition) is 6. The zero-order valence-corrected chi connectivity index (χ0v) is 12.9. The predicted octanol–water partition coefficient (Wildman–Crippen LogP) is 1.19. The van der Waals surface area contributed by atoms with E-state index < -0.39 is 21.5 Å². The highest BCUT2D eigenvalue weighted by molar-refractivity contribution is 7.91. The summed E-state index contributed by atoms with van der Waals surface area (Å²) in [6.45, 7) is 4.97. The summed E-state index contributed by atoms with van der Waals surface area (Å²) in [5.41, 5.74) is 0.841. The highest BCUT2D eigenvalue weighted by Gasteiger charge is 2.14. The number of nitrogens with zero attached hydrogens (tertiary/aromatic N) is 1. The summed E-state index contributed by atoms with van der Waals surface area (Å²) in [5.74, 6) is -1.08. The minimum absolute atomic E-state index is 0.108. The van der Waals surface area contributed by atoms with Crippen LogP contribution in [0.1, 0.15) is 32.0 Å². The predicted molar refractivity (Wildman–Crippen MR) is 77.2 cm³/mol. The Balaban J connectivity index is 2.57. The summed E-state index contributed by atoms with van der Waals surface area (Å²) >= 11 is 1.29. The lowest BCUT2D eigenvalue weighted by Crippen LogP contribution is -2.22. The van der Waals surface area contributed by atoms with Gasteiger partial charge in [-0.25, -0.2) is 13.4 Å². The minimum Gasteiger partial charge on any atom is -0.309 e. The van der Waals surface area contributed by atoms with Gasteiger partial charge in [0.15, 0.2) is 15.0 Å². The van der Waals surface area contributed by atoms with Gasteiger partial charge in [-0.1, -0.05) is 6.92 Å². The van der Waals surface area contributed by atoms with Gasteiger partial charge in [0.05, 0.1) is 5.69 Å². The molecule has 0 radical (unpaired) electrons. The van der Waals surface area contributed by atoms with E-state index in [0.717, 1.165) is 24.9 Å². The third-order valence-corrected chi connectivity index (χ3v) is 3.87. The van der Waals surface area contributed by atoms with Gasteiger partial charge >= 0.3 is 0 Å². The molecule has 0 aromatic carbocycles. The molecule has 0 aliphatic rings. The van der Waals surface area contributed by atoms with Crippen molar-refractivity contribution in [1.29, 1.82) is 0 Å². The SMILES string of the molecule is CCCNC(C)c1csc(NC(=O)CS(C)(=O)=O)n1. The number of thiazole rings is 1. The zero-order valence-electron chi connectivity index (χ0n) is 11.3. The van der Waals surface area contributed by atoms with E-state index in [9.17, 15) is 13.2 Å². The van der Waals surface area contributed by atoms with Crippen LogP contribution < -0.4 is 10.6 Å². The zero-order chi connectivity index (χ0) is 14.5. The standard InChI is InChI=1S/C11H19N3O3S2/c1-4-5-12-8(2)9-6-18-11(13-9)14-10(15)7-19(3,16)17/h6,8,12H,4-5,7H2,1-3H3,(H,13,14,15). The Hall–Kier alpha value is -0.990. The molecule has 1 atom stereocenters. The molecule has 1 aromatic heterocycles. The van der Waals surface area contributed by atoms with Gasteiger partial charge in [-0.2, -0.15) is 0 Å². The van der Waals surface area contributed by atoms with Crippen LogP contribution in [0.15, 0.2) is 5.38 Å². The Morgan fingerprint density at radius 3 is 2.79 bits per heavy atom. The van der Waals surface area contributed by atoms with Crippen LogP contribution in [-0.4, -0.2) is 37.9 Å². The molecule has 0 saturated heterocycles. The highest BCUT2D eigenvalue weighted by atomic mass is 32.2. The third kappa shape index (κ3) is 6.13. The molecule has 1 aromatic rings. The van der Waals surface area contributed by atoms with Crippen LogP contribution in [-0.2, 0) is 14.6 Å². The molecule has 108 valence electrons. The van der Waals surface area contributed by atoms with E-state index in [2.05, 4.69) is 22.5 Å². The molecule has 8 heteroatoms. The largest absolute Gasteiger partial charge is 0.309 e. The Labute approximate surface area is 117 Å². The second kappa shape index (κ2) is 6.97. The summed E-state index contributed by atoms with van der Waals surface area (Å²) in [6, 6.07) is 0.108. The van der Waals surface area contributed by atoms with Crippen molar-refractivity contribution in [2.45, 2.75) is 26.3 Å². The molecule has 0 aliphatic carbocycles. The summed E-state index contributed by atoms with van der Waals surface area (Å²) < 4.78 is 22.0. The van der Waals surface area contributed by atoms with Crippen LogP contribution in [0.5, 0.6) is 0 Å². The molecule has 6 nitrogen and oxygen atoms in total. The van der Waals surface area contributed by atoms with Gasteiger partial charge in [0, 0.05) is 17.7 Å². The van der Waals surface area contributed by atoms with Crippen molar-refractivity contribution in [3.63, 3.8) is 0 Å². The van der Waals surface area contributed by atoms with Crippen molar-refractivity contribution in [2.75, 3.05) is 23.9 Å². The Morgan fingerprint density at radius 1 is 1.53 bits per heavy atom. The first-order chi connectivity index (χ1) is 8.81. The summed E-state index contributed by atoms with van der Waals surface area (Å²) in [7, 11) is -3.31. The van der Waals surface area contributed by atoms with Crippen LogP contribution in [0.25, 0.3) is 0 Å². The average Bonchev–Trinajstić information content (AvgIpc) is 2.71. The number of aromatic nitrogens is 1. The van der Waals surface area contributed by atoms with Gasteiger partial charge in [-0.05, 0) is 19.9 Å². The van der Waals surface area contributed by atoms with E-state index in [0.29, 0.717) is 5.13 Å². The van der Waals surface area contributed by atoms with E-state index in [1.165, 1.54) is 11.3 Å². The van der Waals surface area contributed by atoms with Crippen molar-refractivity contribution in [3.8, 4) is 0 Å². The number of sulfone groups is 1. The number of amides is 1. The first kappa shape index (κ1) is 16.1. The number of hydrogen-bond donors (Lipinski definition) is 2. The fourth-order valence-electron chi connectivity index (χ4n) is 1.40. The fourth-order valence-corrected chi connectivity index (χ4v) is 2.77. The van der Waals surface area contributed by atoms with Crippen molar-refractivity contribution in [1.82, 2.24) is 10.3 Å². The number of carbonyl (C=O) groups is 1. The fraction of sp³-hybridized carbons (Fsp3) is 0.636. The summed E-state index contributed by atoms with van der Waals surface area (Å²) in [5, 5.41) is 8.06.